The van der Waals surface area contributed by atoms with Crippen molar-refractivity contribution in [1.82, 2.24) is 0 Å². The molecule has 2 rings (SSSR count). The van der Waals surface area contributed by atoms with Crippen LogP contribution in [0.3, 0.4) is 0 Å². The number of hydrogen-bond donors (Lipinski definition) is 1. The van der Waals surface area contributed by atoms with E-state index in [0.717, 1.165) is 17.7 Å². The Labute approximate surface area is 126 Å². The summed E-state index contributed by atoms with van der Waals surface area (Å²) in [6, 6.07) is 9.25. The van der Waals surface area contributed by atoms with Gasteiger partial charge in [0.15, 0.2) is 5.82 Å². The molecule has 0 saturated carbocycles. The summed E-state index contributed by atoms with van der Waals surface area (Å²) in [5.41, 5.74) is 1.18. The third kappa shape index (κ3) is 3.84. The lowest BCUT2D eigenvalue weighted by atomic mass is 10.1. The summed E-state index contributed by atoms with van der Waals surface area (Å²) < 4.78 is 26.6. The van der Waals surface area contributed by atoms with E-state index in [1.165, 1.54) is 0 Å². The average molecular weight is 316 g/mol. The Kier molecular flexibility index (Phi) is 4.84. The van der Waals surface area contributed by atoms with Crippen molar-refractivity contribution < 1.29 is 8.78 Å². The summed E-state index contributed by atoms with van der Waals surface area (Å²) in [5, 5.41) is 3.66. The minimum atomic E-state index is -0.696. The maximum atomic E-state index is 13.7. The SMILES string of the molecule is CC(Cc1ccc(Cl)cc1)Nc1c(F)cc(F)cc1Cl. The summed E-state index contributed by atoms with van der Waals surface area (Å²) in [4.78, 5) is 0. The molecule has 0 fully saturated rings. The second-order valence-electron chi connectivity index (χ2n) is 4.62. The van der Waals surface area contributed by atoms with Crippen LogP contribution in [0.4, 0.5) is 14.5 Å². The molecule has 0 radical (unpaired) electrons. The minimum absolute atomic E-state index is 0.0328. The van der Waals surface area contributed by atoms with Crippen LogP contribution in [0, 0.1) is 11.6 Å². The Hall–Kier alpha value is -1.32. The highest BCUT2D eigenvalue weighted by molar-refractivity contribution is 6.33. The largest absolute Gasteiger partial charge is 0.379 e. The highest BCUT2D eigenvalue weighted by Crippen LogP contribution is 2.27. The molecule has 0 spiro atoms. The van der Waals surface area contributed by atoms with Crippen molar-refractivity contribution in [3.05, 3.63) is 63.6 Å². The van der Waals surface area contributed by atoms with E-state index in [1.54, 1.807) is 12.1 Å². The van der Waals surface area contributed by atoms with E-state index >= 15 is 0 Å². The quantitative estimate of drug-likeness (QED) is 0.805. The standard InChI is InChI=1S/C15H13Cl2F2N/c1-9(6-10-2-4-11(16)5-3-10)20-15-13(17)7-12(18)8-14(15)19/h2-5,7-9,20H,6H2,1H3. The lowest BCUT2D eigenvalue weighted by Gasteiger charge is -2.17. The van der Waals surface area contributed by atoms with Crippen molar-refractivity contribution >= 4 is 28.9 Å². The second-order valence-corrected chi connectivity index (χ2v) is 5.46. The van der Waals surface area contributed by atoms with Gasteiger partial charge < -0.3 is 5.32 Å². The first-order valence-corrected chi connectivity index (χ1v) is 6.87. The minimum Gasteiger partial charge on any atom is -0.379 e. The predicted molar refractivity (Wildman–Crippen MR) is 79.6 cm³/mol. The van der Waals surface area contributed by atoms with Gasteiger partial charge in [0.2, 0.25) is 0 Å². The highest BCUT2D eigenvalue weighted by atomic mass is 35.5. The molecule has 0 saturated heterocycles. The number of hydrogen-bond acceptors (Lipinski definition) is 1. The molecular weight excluding hydrogens is 303 g/mol. The van der Waals surface area contributed by atoms with Crippen molar-refractivity contribution in [2.45, 2.75) is 19.4 Å². The van der Waals surface area contributed by atoms with E-state index in [4.69, 9.17) is 23.2 Å². The first-order chi connectivity index (χ1) is 9.45. The predicted octanol–water partition coefficient (Wildman–Crippen LogP) is 5.31. The van der Waals surface area contributed by atoms with Gasteiger partial charge in [-0.25, -0.2) is 8.78 Å². The normalized spacial score (nSPS) is 12.2. The first kappa shape index (κ1) is 15.1. The Balaban J connectivity index is 2.08. The van der Waals surface area contributed by atoms with Gasteiger partial charge in [-0.05, 0) is 37.1 Å². The van der Waals surface area contributed by atoms with Gasteiger partial charge >= 0.3 is 0 Å². The third-order valence-corrected chi connectivity index (χ3v) is 3.40. The fraction of sp³-hybridized carbons (Fsp3) is 0.200. The van der Waals surface area contributed by atoms with Gasteiger partial charge in [0.25, 0.3) is 0 Å². The van der Waals surface area contributed by atoms with Crippen LogP contribution in [0.2, 0.25) is 10.0 Å². The van der Waals surface area contributed by atoms with E-state index in [1.807, 2.05) is 19.1 Å². The molecule has 0 aliphatic heterocycles. The Morgan fingerprint density at radius 3 is 2.35 bits per heavy atom. The Morgan fingerprint density at radius 2 is 1.75 bits per heavy atom. The third-order valence-electron chi connectivity index (χ3n) is 2.85. The van der Waals surface area contributed by atoms with Crippen molar-refractivity contribution in [2.24, 2.45) is 0 Å². The van der Waals surface area contributed by atoms with Gasteiger partial charge in [-0.3, -0.25) is 0 Å². The van der Waals surface area contributed by atoms with Crippen LogP contribution >= 0.6 is 23.2 Å². The van der Waals surface area contributed by atoms with Crippen LogP contribution in [-0.2, 0) is 6.42 Å². The van der Waals surface area contributed by atoms with Crippen molar-refractivity contribution in [3.8, 4) is 0 Å². The molecule has 1 unspecified atom stereocenters. The summed E-state index contributed by atoms with van der Waals surface area (Å²) in [6.45, 7) is 1.90. The molecular formula is C15H13Cl2F2N. The first-order valence-electron chi connectivity index (χ1n) is 6.11. The van der Waals surface area contributed by atoms with E-state index in [0.29, 0.717) is 11.4 Å². The zero-order valence-electron chi connectivity index (χ0n) is 10.8. The maximum Gasteiger partial charge on any atom is 0.150 e. The highest BCUT2D eigenvalue weighted by Gasteiger charge is 2.12. The lowest BCUT2D eigenvalue weighted by Crippen LogP contribution is -2.19. The van der Waals surface area contributed by atoms with Gasteiger partial charge in [-0.15, -0.1) is 0 Å². The molecule has 2 aromatic rings. The van der Waals surface area contributed by atoms with Gasteiger partial charge in [0.05, 0.1) is 10.7 Å². The van der Waals surface area contributed by atoms with Crippen LogP contribution in [0.5, 0.6) is 0 Å². The van der Waals surface area contributed by atoms with Gasteiger partial charge in [-0.2, -0.15) is 0 Å². The molecule has 2 aromatic carbocycles. The van der Waals surface area contributed by atoms with Crippen LogP contribution in [0.15, 0.2) is 36.4 Å². The number of benzene rings is 2. The van der Waals surface area contributed by atoms with Crippen molar-refractivity contribution in [3.63, 3.8) is 0 Å². The van der Waals surface area contributed by atoms with Crippen LogP contribution in [0.25, 0.3) is 0 Å². The van der Waals surface area contributed by atoms with Gasteiger partial charge in [-0.1, -0.05) is 35.3 Å². The second kappa shape index (κ2) is 6.42. The zero-order valence-corrected chi connectivity index (χ0v) is 12.3. The summed E-state index contributed by atoms with van der Waals surface area (Å²) in [7, 11) is 0. The van der Waals surface area contributed by atoms with E-state index in [2.05, 4.69) is 5.32 Å². The molecule has 0 heterocycles. The molecule has 106 valence electrons. The number of rotatable bonds is 4. The van der Waals surface area contributed by atoms with Crippen molar-refractivity contribution in [1.29, 1.82) is 0 Å². The maximum absolute atomic E-state index is 13.7. The fourth-order valence-electron chi connectivity index (χ4n) is 1.95. The summed E-state index contributed by atoms with van der Waals surface area (Å²) in [5.74, 6) is -1.39. The van der Waals surface area contributed by atoms with Gasteiger partial charge in [0, 0.05) is 17.1 Å². The molecule has 20 heavy (non-hydrogen) atoms. The van der Waals surface area contributed by atoms with Crippen molar-refractivity contribution in [2.75, 3.05) is 5.32 Å². The number of nitrogens with one attached hydrogen (secondary N) is 1. The molecule has 0 aromatic heterocycles. The molecule has 1 N–H and O–H groups in total. The van der Waals surface area contributed by atoms with E-state index in [9.17, 15) is 8.78 Å². The zero-order chi connectivity index (χ0) is 14.7. The van der Waals surface area contributed by atoms with Crippen LogP contribution in [-0.4, -0.2) is 6.04 Å². The average Bonchev–Trinajstić information content (AvgIpc) is 2.36. The summed E-state index contributed by atoms with van der Waals surface area (Å²) >= 11 is 11.7. The van der Waals surface area contributed by atoms with E-state index < -0.39 is 11.6 Å². The molecule has 5 heteroatoms. The smallest absolute Gasteiger partial charge is 0.150 e. The number of halogens is 4. The molecule has 0 amide bonds. The Bertz CT molecular complexity index is 576. The molecule has 0 aliphatic rings. The van der Waals surface area contributed by atoms with E-state index in [-0.39, 0.29) is 16.8 Å². The molecule has 1 atom stereocenters. The topological polar surface area (TPSA) is 12.0 Å². The fourth-order valence-corrected chi connectivity index (χ4v) is 2.33. The molecule has 0 bridgehead atoms. The number of anilines is 1. The van der Waals surface area contributed by atoms with Crippen LogP contribution in [0.1, 0.15) is 12.5 Å². The van der Waals surface area contributed by atoms with Crippen LogP contribution < -0.4 is 5.32 Å². The Morgan fingerprint density at radius 1 is 1.10 bits per heavy atom. The molecule has 1 nitrogen and oxygen atoms in total. The molecule has 0 aliphatic carbocycles. The monoisotopic (exact) mass is 315 g/mol. The summed E-state index contributed by atoms with van der Waals surface area (Å²) in [6.07, 6.45) is 0.671. The lowest BCUT2D eigenvalue weighted by molar-refractivity contribution is 0.583. The van der Waals surface area contributed by atoms with Gasteiger partial charge in [0.1, 0.15) is 5.82 Å².